The van der Waals surface area contributed by atoms with E-state index >= 15 is 0 Å². The average Bonchev–Trinajstić information content (AvgIpc) is 2.90. The normalized spacial score (nSPS) is 21.4. The SMILES string of the molecule is c1ccc2c(c1)OC(c1nc3c(s1)CNCC3)CS2. The number of fused-ring (bicyclic) bond motifs is 2. The predicted molar refractivity (Wildman–Crippen MR) is 78.1 cm³/mol. The molecule has 0 saturated carbocycles. The first-order chi connectivity index (χ1) is 9.40. The molecule has 98 valence electrons. The number of thioether (sulfide) groups is 1. The van der Waals surface area contributed by atoms with E-state index in [9.17, 15) is 0 Å². The average molecular weight is 290 g/mol. The molecule has 1 aromatic carbocycles. The van der Waals surface area contributed by atoms with E-state index in [2.05, 4.69) is 17.4 Å². The number of thiazole rings is 1. The monoisotopic (exact) mass is 290 g/mol. The molecule has 1 aromatic heterocycles. The topological polar surface area (TPSA) is 34.1 Å². The Morgan fingerprint density at radius 1 is 1.32 bits per heavy atom. The van der Waals surface area contributed by atoms with E-state index in [1.54, 1.807) is 11.3 Å². The number of ether oxygens (including phenoxy) is 1. The van der Waals surface area contributed by atoms with Crippen molar-refractivity contribution in [1.82, 2.24) is 10.3 Å². The zero-order valence-electron chi connectivity index (χ0n) is 10.4. The molecule has 1 N–H and O–H groups in total. The molecule has 2 aliphatic heterocycles. The van der Waals surface area contributed by atoms with E-state index in [0.717, 1.165) is 36.0 Å². The highest BCUT2D eigenvalue weighted by Crippen LogP contribution is 2.41. The van der Waals surface area contributed by atoms with Crippen molar-refractivity contribution in [2.24, 2.45) is 0 Å². The lowest BCUT2D eigenvalue weighted by molar-refractivity contribution is 0.219. The molecule has 3 nitrogen and oxygen atoms in total. The Morgan fingerprint density at radius 3 is 3.21 bits per heavy atom. The maximum absolute atomic E-state index is 6.10. The second-order valence-electron chi connectivity index (χ2n) is 4.71. The molecular weight excluding hydrogens is 276 g/mol. The van der Waals surface area contributed by atoms with Crippen LogP contribution in [0.2, 0.25) is 0 Å². The summed E-state index contributed by atoms with van der Waals surface area (Å²) in [5.41, 5.74) is 1.27. The predicted octanol–water partition coefficient (Wildman–Crippen LogP) is 3.01. The van der Waals surface area contributed by atoms with Crippen LogP contribution in [0.1, 0.15) is 21.7 Å². The lowest BCUT2D eigenvalue weighted by Crippen LogP contribution is -2.22. The molecule has 1 unspecified atom stereocenters. The molecule has 0 fully saturated rings. The Morgan fingerprint density at radius 2 is 2.26 bits per heavy atom. The summed E-state index contributed by atoms with van der Waals surface area (Å²) in [5.74, 6) is 1.95. The molecule has 0 spiro atoms. The summed E-state index contributed by atoms with van der Waals surface area (Å²) >= 11 is 3.67. The summed E-state index contributed by atoms with van der Waals surface area (Å²) in [6.45, 7) is 2.00. The van der Waals surface area contributed by atoms with Crippen LogP contribution in [0, 0.1) is 0 Å². The highest BCUT2D eigenvalue weighted by atomic mass is 32.2. The molecular formula is C14H14N2OS2. The number of rotatable bonds is 1. The first-order valence-corrected chi connectivity index (χ1v) is 8.28. The fourth-order valence-corrected chi connectivity index (χ4v) is 4.63. The summed E-state index contributed by atoms with van der Waals surface area (Å²) in [5, 5.41) is 4.53. The molecule has 0 bridgehead atoms. The minimum atomic E-state index is 0.107. The van der Waals surface area contributed by atoms with E-state index in [-0.39, 0.29) is 6.10 Å². The molecule has 19 heavy (non-hydrogen) atoms. The molecule has 0 radical (unpaired) electrons. The molecule has 0 aliphatic carbocycles. The number of hydrogen-bond acceptors (Lipinski definition) is 5. The third kappa shape index (κ3) is 2.16. The summed E-state index contributed by atoms with van der Waals surface area (Å²) in [7, 11) is 0. The van der Waals surface area contributed by atoms with Gasteiger partial charge in [-0.1, -0.05) is 12.1 Å². The van der Waals surface area contributed by atoms with Gasteiger partial charge in [0, 0.05) is 35.0 Å². The Balaban J connectivity index is 1.62. The van der Waals surface area contributed by atoms with Crippen molar-refractivity contribution in [3.05, 3.63) is 39.8 Å². The van der Waals surface area contributed by atoms with Crippen LogP contribution < -0.4 is 10.1 Å². The van der Waals surface area contributed by atoms with Gasteiger partial charge >= 0.3 is 0 Å². The first-order valence-electron chi connectivity index (χ1n) is 6.48. The van der Waals surface area contributed by atoms with Gasteiger partial charge in [-0.15, -0.1) is 23.1 Å². The highest BCUT2D eigenvalue weighted by molar-refractivity contribution is 7.99. The second-order valence-corrected chi connectivity index (χ2v) is 6.89. The van der Waals surface area contributed by atoms with Crippen LogP contribution in [0.4, 0.5) is 0 Å². The minimum absolute atomic E-state index is 0.107. The maximum Gasteiger partial charge on any atom is 0.159 e. The van der Waals surface area contributed by atoms with Gasteiger partial charge in [-0.3, -0.25) is 0 Å². The van der Waals surface area contributed by atoms with Crippen molar-refractivity contribution < 1.29 is 4.74 Å². The van der Waals surface area contributed by atoms with E-state index in [1.165, 1.54) is 15.5 Å². The zero-order valence-corrected chi connectivity index (χ0v) is 12.0. The number of nitrogens with one attached hydrogen (secondary N) is 1. The van der Waals surface area contributed by atoms with Crippen LogP contribution in [0.5, 0.6) is 5.75 Å². The Kier molecular flexibility index (Phi) is 2.98. The van der Waals surface area contributed by atoms with Crippen molar-refractivity contribution in [3.63, 3.8) is 0 Å². The molecule has 5 heteroatoms. The third-order valence-electron chi connectivity index (χ3n) is 3.40. The fourth-order valence-electron chi connectivity index (χ4n) is 2.42. The van der Waals surface area contributed by atoms with Crippen molar-refractivity contribution in [2.75, 3.05) is 12.3 Å². The Hall–Kier alpha value is -1.04. The van der Waals surface area contributed by atoms with Crippen molar-refractivity contribution >= 4 is 23.1 Å². The van der Waals surface area contributed by atoms with Crippen LogP contribution in [-0.2, 0) is 13.0 Å². The third-order valence-corrected chi connectivity index (χ3v) is 5.71. The van der Waals surface area contributed by atoms with Gasteiger partial charge < -0.3 is 10.1 Å². The summed E-state index contributed by atoms with van der Waals surface area (Å²) in [6.07, 6.45) is 1.15. The number of para-hydroxylation sites is 1. The minimum Gasteiger partial charge on any atom is -0.481 e. The van der Waals surface area contributed by atoms with Crippen molar-refractivity contribution in [2.45, 2.75) is 24.0 Å². The highest BCUT2D eigenvalue weighted by Gasteiger charge is 2.26. The van der Waals surface area contributed by atoms with Crippen LogP contribution in [0.3, 0.4) is 0 Å². The van der Waals surface area contributed by atoms with Crippen LogP contribution in [-0.4, -0.2) is 17.3 Å². The summed E-state index contributed by atoms with van der Waals surface area (Å²) in [6, 6.07) is 8.25. The first kappa shape index (κ1) is 11.8. The van der Waals surface area contributed by atoms with Crippen LogP contribution >= 0.6 is 23.1 Å². The van der Waals surface area contributed by atoms with Gasteiger partial charge in [-0.25, -0.2) is 4.98 Å². The van der Waals surface area contributed by atoms with Gasteiger partial charge in [0.05, 0.1) is 5.69 Å². The quantitative estimate of drug-likeness (QED) is 0.875. The number of aromatic nitrogens is 1. The number of hydrogen-bond donors (Lipinski definition) is 1. The smallest absolute Gasteiger partial charge is 0.159 e. The van der Waals surface area contributed by atoms with E-state index in [0.29, 0.717) is 0 Å². The van der Waals surface area contributed by atoms with Gasteiger partial charge in [-0.05, 0) is 12.1 Å². The molecule has 2 aromatic rings. The Labute approximate surface area is 120 Å². The van der Waals surface area contributed by atoms with Gasteiger partial charge in [0.2, 0.25) is 0 Å². The largest absolute Gasteiger partial charge is 0.481 e. The number of nitrogens with zero attached hydrogens (tertiary/aromatic N) is 1. The molecule has 3 heterocycles. The van der Waals surface area contributed by atoms with Gasteiger partial charge in [0.15, 0.2) is 6.10 Å². The lowest BCUT2D eigenvalue weighted by Gasteiger charge is -2.23. The van der Waals surface area contributed by atoms with E-state index < -0.39 is 0 Å². The van der Waals surface area contributed by atoms with Crippen molar-refractivity contribution in [1.29, 1.82) is 0 Å². The maximum atomic E-state index is 6.10. The summed E-state index contributed by atoms with van der Waals surface area (Å²) < 4.78 is 6.10. The molecule has 0 amide bonds. The van der Waals surface area contributed by atoms with Gasteiger partial charge in [0.25, 0.3) is 0 Å². The van der Waals surface area contributed by atoms with Crippen LogP contribution in [0.15, 0.2) is 29.2 Å². The van der Waals surface area contributed by atoms with E-state index in [1.807, 2.05) is 23.9 Å². The number of benzene rings is 1. The second kappa shape index (κ2) is 4.81. The van der Waals surface area contributed by atoms with Crippen LogP contribution in [0.25, 0.3) is 0 Å². The Bertz CT molecular complexity index is 588. The fraction of sp³-hybridized carbons (Fsp3) is 0.357. The zero-order chi connectivity index (χ0) is 12.7. The van der Waals surface area contributed by atoms with Gasteiger partial charge in [-0.2, -0.15) is 0 Å². The molecule has 1 atom stereocenters. The van der Waals surface area contributed by atoms with Crippen molar-refractivity contribution in [3.8, 4) is 5.75 Å². The van der Waals surface area contributed by atoms with E-state index in [4.69, 9.17) is 9.72 Å². The van der Waals surface area contributed by atoms with Gasteiger partial charge in [0.1, 0.15) is 10.8 Å². The standard InChI is InChI=1S/C14H14N2OS2/c1-2-4-12-10(3-1)17-11(8-18-12)14-16-9-5-6-15-7-13(9)19-14/h1-4,11,15H,5-8H2. The summed E-state index contributed by atoms with van der Waals surface area (Å²) in [4.78, 5) is 7.41. The molecule has 0 saturated heterocycles. The lowest BCUT2D eigenvalue weighted by atomic mass is 10.2. The molecule has 4 rings (SSSR count). The molecule has 2 aliphatic rings.